The topological polar surface area (TPSA) is 17.1 Å². The number of ketones is 1. The van der Waals surface area contributed by atoms with Gasteiger partial charge in [-0.25, -0.2) is 0 Å². The Kier molecular flexibility index (Phi) is 2.73. The molecule has 0 spiro atoms. The highest BCUT2D eigenvalue weighted by atomic mass is 79.9. The molecule has 2 rings (SSSR count). The third-order valence-electron chi connectivity index (χ3n) is 3.06. The van der Waals surface area contributed by atoms with Crippen LogP contribution in [0.4, 0.5) is 0 Å². The van der Waals surface area contributed by atoms with Crippen LogP contribution in [0.1, 0.15) is 31.2 Å². The molecule has 0 heterocycles. The van der Waals surface area contributed by atoms with E-state index < -0.39 is 0 Å². The average Bonchev–Trinajstić information content (AvgIpc) is 2.16. The summed E-state index contributed by atoms with van der Waals surface area (Å²) in [6.45, 7) is 2.09. The lowest BCUT2D eigenvalue weighted by Crippen LogP contribution is -2.34. The molecule has 0 saturated heterocycles. The van der Waals surface area contributed by atoms with Crippen LogP contribution in [0.5, 0.6) is 0 Å². The minimum atomic E-state index is 0.274. The summed E-state index contributed by atoms with van der Waals surface area (Å²) in [6.07, 6.45) is 1.71. The normalized spacial score (nSPS) is 26.0. The van der Waals surface area contributed by atoms with E-state index in [9.17, 15) is 4.79 Å². The lowest BCUT2D eigenvalue weighted by atomic mass is 9.68. The molecule has 1 aromatic carbocycles. The second-order valence-corrected chi connectivity index (χ2v) is 4.76. The van der Waals surface area contributed by atoms with E-state index in [1.54, 1.807) is 0 Å². The Balaban J connectivity index is 2.17. The molecule has 2 unspecified atom stereocenters. The number of benzene rings is 1. The molecular weight excluding hydrogens is 240 g/mol. The highest BCUT2D eigenvalue weighted by Crippen LogP contribution is 2.41. The molecule has 0 radical (unpaired) electrons. The van der Waals surface area contributed by atoms with Gasteiger partial charge in [0.1, 0.15) is 5.78 Å². The van der Waals surface area contributed by atoms with E-state index in [-0.39, 0.29) is 5.92 Å². The van der Waals surface area contributed by atoms with Crippen LogP contribution < -0.4 is 0 Å². The minimum Gasteiger partial charge on any atom is -0.299 e. The van der Waals surface area contributed by atoms with Crippen molar-refractivity contribution in [3.63, 3.8) is 0 Å². The van der Waals surface area contributed by atoms with Gasteiger partial charge in [-0.1, -0.05) is 35.0 Å². The maximum absolute atomic E-state index is 11.3. The second kappa shape index (κ2) is 3.85. The molecule has 0 aromatic heterocycles. The molecule has 1 aliphatic rings. The Labute approximate surface area is 92.6 Å². The lowest BCUT2D eigenvalue weighted by Gasteiger charge is -2.34. The van der Waals surface area contributed by atoms with Gasteiger partial charge < -0.3 is 0 Å². The van der Waals surface area contributed by atoms with E-state index in [4.69, 9.17) is 0 Å². The number of rotatable bonds is 2. The SMILES string of the molecule is CCC1C(=O)CC1c1ccc(Br)cc1. The van der Waals surface area contributed by atoms with Crippen LogP contribution in [-0.4, -0.2) is 5.78 Å². The molecule has 0 aliphatic heterocycles. The molecule has 1 fully saturated rings. The molecule has 1 aromatic rings. The Hall–Kier alpha value is -0.630. The number of carbonyl (C=O) groups excluding carboxylic acids is 1. The first-order valence-electron chi connectivity index (χ1n) is 5.00. The van der Waals surface area contributed by atoms with Crippen molar-refractivity contribution in [2.45, 2.75) is 25.7 Å². The van der Waals surface area contributed by atoms with Crippen LogP contribution in [-0.2, 0) is 4.79 Å². The number of Topliss-reactive ketones (excluding diaryl/α,β-unsaturated/α-hetero) is 1. The summed E-state index contributed by atoms with van der Waals surface area (Å²) in [5, 5.41) is 0. The van der Waals surface area contributed by atoms with E-state index >= 15 is 0 Å². The quantitative estimate of drug-likeness (QED) is 0.787. The summed E-state index contributed by atoms with van der Waals surface area (Å²) in [5.41, 5.74) is 1.31. The zero-order chi connectivity index (χ0) is 10.1. The maximum Gasteiger partial charge on any atom is 0.137 e. The van der Waals surface area contributed by atoms with Crippen molar-refractivity contribution in [2.75, 3.05) is 0 Å². The van der Waals surface area contributed by atoms with Gasteiger partial charge in [0.15, 0.2) is 0 Å². The van der Waals surface area contributed by atoms with Crippen molar-refractivity contribution < 1.29 is 4.79 Å². The Morgan fingerprint density at radius 3 is 2.50 bits per heavy atom. The average molecular weight is 253 g/mol. The van der Waals surface area contributed by atoms with Crippen LogP contribution in [0.15, 0.2) is 28.7 Å². The molecule has 0 bridgehead atoms. The fourth-order valence-corrected chi connectivity index (χ4v) is 2.41. The van der Waals surface area contributed by atoms with Gasteiger partial charge in [-0.05, 0) is 24.1 Å². The summed E-state index contributed by atoms with van der Waals surface area (Å²) < 4.78 is 1.10. The molecule has 14 heavy (non-hydrogen) atoms. The first-order chi connectivity index (χ1) is 6.72. The monoisotopic (exact) mass is 252 g/mol. The molecule has 74 valence electrons. The van der Waals surface area contributed by atoms with E-state index in [2.05, 4.69) is 35.0 Å². The van der Waals surface area contributed by atoms with Crippen molar-refractivity contribution in [1.82, 2.24) is 0 Å². The van der Waals surface area contributed by atoms with Gasteiger partial charge in [-0.3, -0.25) is 4.79 Å². The molecule has 1 nitrogen and oxygen atoms in total. The number of hydrogen-bond donors (Lipinski definition) is 0. The second-order valence-electron chi connectivity index (χ2n) is 3.84. The van der Waals surface area contributed by atoms with Crippen molar-refractivity contribution in [2.24, 2.45) is 5.92 Å². The maximum atomic E-state index is 11.3. The van der Waals surface area contributed by atoms with E-state index in [1.165, 1.54) is 5.56 Å². The van der Waals surface area contributed by atoms with E-state index in [0.717, 1.165) is 17.3 Å². The van der Waals surface area contributed by atoms with Gasteiger partial charge >= 0.3 is 0 Å². The number of halogens is 1. The van der Waals surface area contributed by atoms with Crippen LogP contribution in [0.25, 0.3) is 0 Å². The van der Waals surface area contributed by atoms with Gasteiger partial charge in [-0.2, -0.15) is 0 Å². The fourth-order valence-electron chi connectivity index (χ4n) is 2.15. The Bertz CT molecular complexity index is 342. The fraction of sp³-hybridized carbons (Fsp3) is 0.417. The predicted octanol–water partition coefficient (Wildman–Crippen LogP) is 3.53. The highest BCUT2D eigenvalue weighted by molar-refractivity contribution is 9.10. The van der Waals surface area contributed by atoms with Crippen LogP contribution >= 0.6 is 15.9 Å². The molecule has 2 atom stereocenters. The molecule has 0 amide bonds. The van der Waals surface area contributed by atoms with Gasteiger partial charge in [0.05, 0.1) is 0 Å². The van der Waals surface area contributed by atoms with Crippen molar-refractivity contribution in [1.29, 1.82) is 0 Å². The Morgan fingerprint density at radius 1 is 1.36 bits per heavy atom. The van der Waals surface area contributed by atoms with Crippen molar-refractivity contribution >= 4 is 21.7 Å². The van der Waals surface area contributed by atoms with Gasteiger partial charge in [0.25, 0.3) is 0 Å². The molecule has 2 heteroatoms. The summed E-state index contributed by atoms with van der Waals surface area (Å²) in [5.74, 6) is 1.18. The largest absolute Gasteiger partial charge is 0.299 e. The van der Waals surface area contributed by atoms with Crippen LogP contribution in [0, 0.1) is 5.92 Å². The van der Waals surface area contributed by atoms with Crippen LogP contribution in [0.3, 0.4) is 0 Å². The van der Waals surface area contributed by atoms with Gasteiger partial charge in [-0.15, -0.1) is 0 Å². The third kappa shape index (κ3) is 1.63. The van der Waals surface area contributed by atoms with E-state index in [1.807, 2.05) is 12.1 Å². The molecular formula is C12H13BrO. The summed E-state index contributed by atoms with van der Waals surface area (Å²) in [4.78, 5) is 11.3. The predicted molar refractivity (Wildman–Crippen MR) is 60.3 cm³/mol. The number of carbonyl (C=O) groups is 1. The lowest BCUT2D eigenvalue weighted by molar-refractivity contribution is -0.131. The Morgan fingerprint density at radius 2 is 2.00 bits per heavy atom. The molecule has 1 saturated carbocycles. The summed E-state index contributed by atoms with van der Waals surface area (Å²) >= 11 is 3.41. The summed E-state index contributed by atoms with van der Waals surface area (Å²) in [6, 6.07) is 8.32. The van der Waals surface area contributed by atoms with Crippen molar-refractivity contribution in [3.8, 4) is 0 Å². The zero-order valence-corrected chi connectivity index (χ0v) is 9.75. The van der Waals surface area contributed by atoms with Gasteiger partial charge in [0.2, 0.25) is 0 Å². The highest BCUT2D eigenvalue weighted by Gasteiger charge is 2.38. The zero-order valence-electron chi connectivity index (χ0n) is 8.16. The molecule has 0 N–H and O–H groups in total. The standard InChI is InChI=1S/C12H13BrO/c1-2-10-11(7-12(10)14)8-3-5-9(13)6-4-8/h3-6,10-11H,2,7H2,1H3. The third-order valence-corrected chi connectivity index (χ3v) is 3.59. The number of hydrogen-bond acceptors (Lipinski definition) is 1. The van der Waals surface area contributed by atoms with Crippen molar-refractivity contribution in [3.05, 3.63) is 34.3 Å². The van der Waals surface area contributed by atoms with Gasteiger partial charge in [0, 0.05) is 22.7 Å². The first kappa shape index (κ1) is 9.91. The minimum absolute atomic E-state index is 0.274. The van der Waals surface area contributed by atoms with E-state index in [0.29, 0.717) is 11.7 Å². The van der Waals surface area contributed by atoms with Crippen LogP contribution in [0.2, 0.25) is 0 Å². The summed E-state index contributed by atoms with van der Waals surface area (Å²) in [7, 11) is 0. The first-order valence-corrected chi connectivity index (χ1v) is 5.80. The smallest absolute Gasteiger partial charge is 0.137 e. The molecule has 1 aliphatic carbocycles.